The fourth-order valence-corrected chi connectivity index (χ4v) is 6.09. The Morgan fingerprint density at radius 3 is 2.83 bits per heavy atom. The summed E-state index contributed by atoms with van der Waals surface area (Å²) >= 11 is 1.36. The molecule has 2 aliphatic rings. The Kier molecular flexibility index (Phi) is 4.22. The van der Waals surface area contributed by atoms with Gasteiger partial charge in [0.1, 0.15) is 6.04 Å². The highest BCUT2D eigenvalue weighted by atomic mass is 32.2. The van der Waals surface area contributed by atoms with Gasteiger partial charge in [0.05, 0.1) is 21.9 Å². The van der Waals surface area contributed by atoms with Crippen LogP contribution in [0.4, 0.5) is 0 Å². The van der Waals surface area contributed by atoms with E-state index in [9.17, 15) is 18.0 Å². The van der Waals surface area contributed by atoms with Crippen LogP contribution in [0.25, 0.3) is 0 Å². The maximum Gasteiger partial charge on any atom is 0.264 e. The SMILES string of the molecule is CC1(NC(=O)C2CCCN2C(=O)c2cccs2)CCS(=O)(=O)C1. The molecule has 2 fully saturated rings. The van der Waals surface area contributed by atoms with Crippen LogP contribution in [0.2, 0.25) is 0 Å². The molecule has 2 amide bonds. The number of carbonyl (C=O) groups is 2. The molecule has 1 N–H and O–H groups in total. The van der Waals surface area contributed by atoms with Gasteiger partial charge >= 0.3 is 0 Å². The quantitative estimate of drug-likeness (QED) is 0.877. The van der Waals surface area contributed by atoms with Crippen LogP contribution >= 0.6 is 11.3 Å². The lowest BCUT2D eigenvalue weighted by Gasteiger charge is -2.29. The molecule has 23 heavy (non-hydrogen) atoms. The van der Waals surface area contributed by atoms with Gasteiger partial charge < -0.3 is 10.2 Å². The summed E-state index contributed by atoms with van der Waals surface area (Å²) in [5, 5.41) is 4.71. The molecule has 1 aromatic heterocycles. The molecule has 6 nitrogen and oxygen atoms in total. The molecular weight excluding hydrogens is 336 g/mol. The summed E-state index contributed by atoms with van der Waals surface area (Å²) in [6.45, 7) is 2.32. The molecule has 126 valence electrons. The van der Waals surface area contributed by atoms with Gasteiger partial charge in [-0.25, -0.2) is 8.42 Å². The Labute approximate surface area is 139 Å². The van der Waals surface area contributed by atoms with E-state index in [2.05, 4.69) is 5.32 Å². The maximum absolute atomic E-state index is 12.6. The average molecular weight is 356 g/mol. The van der Waals surface area contributed by atoms with Gasteiger partial charge in [-0.2, -0.15) is 0 Å². The van der Waals surface area contributed by atoms with Crippen molar-refractivity contribution >= 4 is 33.0 Å². The van der Waals surface area contributed by atoms with E-state index in [0.717, 1.165) is 6.42 Å². The molecule has 0 aliphatic carbocycles. The number of carbonyl (C=O) groups excluding carboxylic acids is 2. The lowest BCUT2D eigenvalue weighted by molar-refractivity contribution is -0.126. The summed E-state index contributed by atoms with van der Waals surface area (Å²) in [7, 11) is -3.08. The highest BCUT2D eigenvalue weighted by Gasteiger charge is 2.42. The molecule has 0 aromatic carbocycles. The fraction of sp³-hybridized carbons (Fsp3) is 0.600. The van der Waals surface area contributed by atoms with E-state index < -0.39 is 21.4 Å². The molecule has 0 spiro atoms. The van der Waals surface area contributed by atoms with E-state index in [1.165, 1.54) is 11.3 Å². The summed E-state index contributed by atoms with van der Waals surface area (Å²) in [5.41, 5.74) is -0.726. The normalized spacial score (nSPS) is 29.6. The van der Waals surface area contributed by atoms with Crippen LogP contribution in [0.15, 0.2) is 17.5 Å². The van der Waals surface area contributed by atoms with Crippen LogP contribution in [-0.4, -0.2) is 54.8 Å². The first-order valence-corrected chi connectivity index (χ1v) is 10.4. The number of likely N-dealkylation sites (tertiary alicyclic amines) is 1. The van der Waals surface area contributed by atoms with Crippen LogP contribution in [-0.2, 0) is 14.6 Å². The summed E-state index contributed by atoms with van der Waals surface area (Å²) in [6, 6.07) is 3.06. The van der Waals surface area contributed by atoms with E-state index in [1.54, 1.807) is 17.9 Å². The third-order valence-electron chi connectivity index (χ3n) is 4.48. The number of hydrogen-bond acceptors (Lipinski definition) is 5. The number of nitrogens with zero attached hydrogens (tertiary/aromatic N) is 1. The molecule has 0 saturated carbocycles. The zero-order valence-electron chi connectivity index (χ0n) is 12.9. The predicted octanol–water partition coefficient (Wildman–Crippen LogP) is 1.05. The van der Waals surface area contributed by atoms with Crippen molar-refractivity contribution in [3.63, 3.8) is 0 Å². The first-order chi connectivity index (χ1) is 10.8. The van der Waals surface area contributed by atoms with Gasteiger partial charge in [0.25, 0.3) is 5.91 Å². The van der Waals surface area contributed by atoms with Gasteiger partial charge in [0.15, 0.2) is 9.84 Å². The van der Waals surface area contributed by atoms with Gasteiger partial charge in [0.2, 0.25) is 5.91 Å². The van der Waals surface area contributed by atoms with Crippen LogP contribution in [0.1, 0.15) is 35.9 Å². The second-order valence-corrected chi connectivity index (χ2v) is 9.66. The van der Waals surface area contributed by atoms with Gasteiger partial charge in [-0.05, 0) is 37.6 Å². The van der Waals surface area contributed by atoms with Crippen molar-refractivity contribution in [2.75, 3.05) is 18.1 Å². The second-order valence-electron chi connectivity index (χ2n) is 6.53. The Hall–Kier alpha value is -1.41. The Bertz CT molecular complexity index is 714. The molecule has 2 unspecified atom stereocenters. The van der Waals surface area contributed by atoms with Crippen molar-refractivity contribution in [2.45, 2.75) is 37.8 Å². The van der Waals surface area contributed by atoms with Crippen molar-refractivity contribution in [3.8, 4) is 0 Å². The van der Waals surface area contributed by atoms with E-state index in [0.29, 0.717) is 24.3 Å². The molecule has 3 heterocycles. The summed E-state index contributed by atoms with van der Waals surface area (Å²) < 4.78 is 23.3. The van der Waals surface area contributed by atoms with Gasteiger partial charge in [-0.15, -0.1) is 11.3 Å². The van der Waals surface area contributed by atoms with Crippen molar-refractivity contribution in [1.29, 1.82) is 0 Å². The Balaban J connectivity index is 1.70. The Morgan fingerprint density at radius 1 is 1.43 bits per heavy atom. The number of rotatable bonds is 3. The van der Waals surface area contributed by atoms with Gasteiger partial charge in [0, 0.05) is 6.54 Å². The zero-order valence-corrected chi connectivity index (χ0v) is 14.6. The minimum atomic E-state index is -3.08. The average Bonchev–Trinajstić information content (AvgIpc) is 3.18. The molecule has 0 bridgehead atoms. The monoisotopic (exact) mass is 356 g/mol. The minimum Gasteiger partial charge on any atom is -0.348 e. The topological polar surface area (TPSA) is 83.6 Å². The predicted molar refractivity (Wildman–Crippen MR) is 88.2 cm³/mol. The number of hydrogen-bond donors (Lipinski definition) is 1. The molecule has 8 heteroatoms. The molecular formula is C15H20N2O4S2. The summed E-state index contributed by atoms with van der Waals surface area (Å²) in [6.07, 6.45) is 1.82. The third kappa shape index (κ3) is 3.42. The molecule has 2 aliphatic heterocycles. The molecule has 1 aromatic rings. The first kappa shape index (κ1) is 16.4. The van der Waals surface area contributed by atoms with Crippen LogP contribution < -0.4 is 5.32 Å². The molecule has 2 saturated heterocycles. The Morgan fingerprint density at radius 2 is 2.22 bits per heavy atom. The number of sulfone groups is 1. The number of amides is 2. The fourth-order valence-electron chi connectivity index (χ4n) is 3.31. The molecule has 0 radical (unpaired) electrons. The van der Waals surface area contributed by atoms with E-state index in [1.807, 2.05) is 11.4 Å². The largest absolute Gasteiger partial charge is 0.348 e. The maximum atomic E-state index is 12.6. The summed E-state index contributed by atoms with van der Waals surface area (Å²) in [5.74, 6) is -0.294. The van der Waals surface area contributed by atoms with Crippen LogP contribution in [0, 0.1) is 0 Å². The van der Waals surface area contributed by atoms with Gasteiger partial charge in [-0.1, -0.05) is 6.07 Å². The molecule has 2 atom stereocenters. The van der Waals surface area contributed by atoms with E-state index in [4.69, 9.17) is 0 Å². The minimum absolute atomic E-state index is 0.0304. The smallest absolute Gasteiger partial charge is 0.264 e. The second kappa shape index (κ2) is 5.90. The summed E-state index contributed by atoms with van der Waals surface area (Å²) in [4.78, 5) is 27.3. The van der Waals surface area contributed by atoms with Crippen molar-refractivity contribution in [1.82, 2.24) is 10.2 Å². The van der Waals surface area contributed by atoms with E-state index >= 15 is 0 Å². The highest BCUT2D eigenvalue weighted by Crippen LogP contribution is 2.26. The van der Waals surface area contributed by atoms with Crippen molar-refractivity contribution in [3.05, 3.63) is 22.4 Å². The third-order valence-corrected chi connectivity index (χ3v) is 7.24. The highest BCUT2D eigenvalue weighted by molar-refractivity contribution is 7.91. The van der Waals surface area contributed by atoms with Crippen LogP contribution in [0.5, 0.6) is 0 Å². The molecule has 3 rings (SSSR count). The standard InChI is InChI=1S/C15H20N2O4S2/c1-15(6-9-23(20,21)10-15)16-13(18)11-4-2-7-17(11)14(19)12-5-3-8-22-12/h3,5,8,11H,2,4,6-7,9-10H2,1H3,(H,16,18). The van der Waals surface area contributed by atoms with Crippen molar-refractivity contribution in [2.24, 2.45) is 0 Å². The lowest BCUT2D eigenvalue weighted by atomic mass is 10.0. The van der Waals surface area contributed by atoms with Crippen molar-refractivity contribution < 1.29 is 18.0 Å². The number of nitrogens with one attached hydrogen (secondary N) is 1. The zero-order chi connectivity index (χ0) is 16.7. The van der Waals surface area contributed by atoms with Gasteiger partial charge in [-0.3, -0.25) is 9.59 Å². The number of thiophene rings is 1. The van der Waals surface area contributed by atoms with E-state index in [-0.39, 0.29) is 23.3 Å². The lowest BCUT2D eigenvalue weighted by Crippen LogP contribution is -2.54. The first-order valence-electron chi connectivity index (χ1n) is 7.67. The van der Waals surface area contributed by atoms with Crippen LogP contribution in [0.3, 0.4) is 0 Å².